The van der Waals surface area contributed by atoms with Crippen molar-refractivity contribution >= 4 is 27.1 Å². The molecule has 3 rings (SSSR count). The molecule has 0 radical (unpaired) electrons. The highest BCUT2D eigenvalue weighted by atomic mass is 32.2. The number of nitrogens with one attached hydrogen (secondary N) is 1. The van der Waals surface area contributed by atoms with Gasteiger partial charge in [0.05, 0.1) is 33.9 Å². The first-order chi connectivity index (χ1) is 13.3. The van der Waals surface area contributed by atoms with Crippen molar-refractivity contribution in [3.8, 4) is 0 Å². The molecule has 146 valence electrons. The fourth-order valence-electron chi connectivity index (χ4n) is 2.26. The number of hydrogen-bond donors (Lipinski definition) is 1. The van der Waals surface area contributed by atoms with E-state index in [9.17, 15) is 22.0 Å². The van der Waals surface area contributed by atoms with Crippen molar-refractivity contribution in [1.82, 2.24) is 15.3 Å². The zero-order valence-corrected chi connectivity index (χ0v) is 16.2. The molecule has 2 heterocycles. The van der Waals surface area contributed by atoms with Crippen molar-refractivity contribution < 1.29 is 22.0 Å². The van der Waals surface area contributed by atoms with Crippen molar-refractivity contribution in [2.45, 2.75) is 29.0 Å². The van der Waals surface area contributed by atoms with Gasteiger partial charge in [-0.15, -0.1) is 11.3 Å². The number of carbonyl (C=O) groups excluding carboxylic acids is 1. The number of benzene rings is 1. The second kappa shape index (κ2) is 8.11. The molecular weight excluding hydrogens is 408 g/mol. The Hall–Kier alpha value is -2.72. The van der Waals surface area contributed by atoms with Gasteiger partial charge in [-0.2, -0.15) is 0 Å². The monoisotopic (exact) mass is 423 g/mol. The largest absolute Gasteiger partial charge is 0.346 e. The van der Waals surface area contributed by atoms with Crippen LogP contribution in [-0.2, 0) is 16.4 Å². The third-order valence-corrected chi connectivity index (χ3v) is 7.12. The van der Waals surface area contributed by atoms with E-state index < -0.39 is 22.2 Å². The Bertz CT molecular complexity index is 1080. The van der Waals surface area contributed by atoms with E-state index in [1.54, 1.807) is 19.3 Å². The minimum atomic E-state index is -3.89. The summed E-state index contributed by atoms with van der Waals surface area (Å²) < 4.78 is 50.5. The van der Waals surface area contributed by atoms with Gasteiger partial charge < -0.3 is 5.32 Å². The number of halogens is 2. The van der Waals surface area contributed by atoms with Crippen LogP contribution in [0.25, 0.3) is 0 Å². The van der Waals surface area contributed by atoms with Gasteiger partial charge in [-0.3, -0.25) is 14.8 Å². The lowest BCUT2D eigenvalue weighted by atomic mass is 10.2. The summed E-state index contributed by atoms with van der Waals surface area (Å²) in [5.41, 5.74) is 1.07. The van der Waals surface area contributed by atoms with Gasteiger partial charge in [-0.05, 0) is 31.2 Å². The number of thiophene rings is 1. The van der Waals surface area contributed by atoms with E-state index >= 15 is 0 Å². The number of sulfone groups is 1. The van der Waals surface area contributed by atoms with Crippen LogP contribution in [0.4, 0.5) is 8.78 Å². The molecule has 0 spiro atoms. The number of nitrogens with zero attached hydrogens (tertiary/aromatic N) is 2. The highest BCUT2D eigenvalue weighted by molar-refractivity contribution is 7.93. The third-order valence-electron chi connectivity index (χ3n) is 3.78. The van der Waals surface area contributed by atoms with Crippen molar-refractivity contribution in [2.75, 3.05) is 0 Å². The topological polar surface area (TPSA) is 89.0 Å². The number of amides is 1. The smallest absolute Gasteiger partial charge is 0.263 e. The van der Waals surface area contributed by atoms with E-state index in [4.69, 9.17) is 0 Å². The quantitative estimate of drug-likeness (QED) is 0.655. The average molecular weight is 423 g/mol. The summed E-state index contributed by atoms with van der Waals surface area (Å²) in [6.07, 6.45) is 0.451. The average Bonchev–Trinajstić information content (AvgIpc) is 3.18. The summed E-state index contributed by atoms with van der Waals surface area (Å²) in [5.74, 6) is -0.443. The highest BCUT2D eigenvalue weighted by Gasteiger charge is 2.22. The molecule has 6 nitrogen and oxygen atoms in total. The van der Waals surface area contributed by atoms with E-state index in [2.05, 4.69) is 15.3 Å². The van der Waals surface area contributed by atoms with Crippen molar-refractivity contribution in [2.24, 2.45) is 0 Å². The van der Waals surface area contributed by atoms with E-state index in [1.165, 1.54) is 12.1 Å². The number of carbonyl (C=O) groups is 1. The van der Waals surface area contributed by atoms with Gasteiger partial charge in [0.25, 0.3) is 12.3 Å². The molecule has 2 aromatic heterocycles. The molecule has 1 N–H and O–H groups in total. The van der Waals surface area contributed by atoms with Gasteiger partial charge in [-0.25, -0.2) is 17.2 Å². The molecular formula is C18H15F2N3O3S2. The third kappa shape index (κ3) is 4.39. The molecule has 0 saturated heterocycles. The number of aromatic nitrogens is 2. The predicted octanol–water partition coefficient (Wildman–Crippen LogP) is 3.55. The van der Waals surface area contributed by atoms with Gasteiger partial charge >= 0.3 is 0 Å². The Labute approximate surface area is 164 Å². The Kier molecular flexibility index (Phi) is 5.80. The molecule has 0 aliphatic rings. The number of hydrogen-bond acceptors (Lipinski definition) is 6. The summed E-state index contributed by atoms with van der Waals surface area (Å²) in [7, 11) is -3.89. The van der Waals surface area contributed by atoms with Gasteiger partial charge in [0.1, 0.15) is 4.21 Å². The van der Waals surface area contributed by atoms with Gasteiger partial charge in [0.2, 0.25) is 9.84 Å². The molecule has 0 bridgehead atoms. The van der Waals surface area contributed by atoms with Crippen LogP contribution in [0.15, 0.2) is 57.9 Å². The number of rotatable bonds is 6. The summed E-state index contributed by atoms with van der Waals surface area (Å²) in [6.45, 7) is 1.95. The van der Waals surface area contributed by atoms with E-state index in [0.29, 0.717) is 5.69 Å². The first-order valence-corrected chi connectivity index (χ1v) is 10.4. The molecule has 28 heavy (non-hydrogen) atoms. The normalized spacial score (nSPS) is 11.6. The van der Waals surface area contributed by atoms with Crippen LogP contribution in [-0.4, -0.2) is 24.3 Å². The maximum Gasteiger partial charge on any atom is 0.263 e. The fraction of sp³-hybridized carbons (Fsp3) is 0.167. The van der Waals surface area contributed by atoms with Crippen LogP contribution >= 0.6 is 11.3 Å². The fourth-order valence-corrected chi connectivity index (χ4v) is 4.89. The zero-order valence-electron chi connectivity index (χ0n) is 14.6. The van der Waals surface area contributed by atoms with E-state index in [1.807, 2.05) is 0 Å². The molecule has 0 atom stereocenters. The maximum absolute atomic E-state index is 12.6. The van der Waals surface area contributed by atoms with Crippen LogP contribution in [0, 0.1) is 6.92 Å². The minimum Gasteiger partial charge on any atom is -0.346 e. The summed E-state index contributed by atoms with van der Waals surface area (Å²) in [6, 6.07) is 7.13. The Morgan fingerprint density at radius 1 is 1.11 bits per heavy atom. The molecule has 0 aliphatic heterocycles. The molecule has 3 aromatic rings. The minimum absolute atomic E-state index is 0.0439. The first kappa shape index (κ1) is 20.0. The predicted molar refractivity (Wildman–Crippen MR) is 99.1 cm³/mol. The van der Waals surface area contributed by atoms with Crippen molar-refractivity contribution in [1.29, 1.82) is 0 Å². The van der Waals surface area contributed by atoms with Crippen LogP contribution in [0.3, 0.4) is 0 Å². The maximum atomic E-state index is 12.6. The van der Waals surface area contributed by atoms with Crippen LogP contribution in [0.5, 0.6) is 0 Å². The summed E-state index contributed by atoms with van der Waals surface area (Å²) in [5, 5.41) is 2.65. The molecule has 0 saturated carbocycles. The molecule has 0 fully saturated rings. The molecule has 10 heteroatoms. The lowest BCUT2D eigenvalue weighted by Crippen LogP contribution is -2.22. The summed E-state index contributed by atoms with van der Waals surface area (Å²) in [4.78, 5) is 20.6. The SMILES string of the molecule is Cc1cnc(CNC(=O)c2ccc(S(=O)(=O)c3ccc(C(F)F)cc3)s2)cn1. The summed E-state index contributed by atoms with van der Waals surface area (Å²) >= 11 is 0.807. The molecule has 0 aliphatic carbocycles. The second-order valence-electron chi connectivity index (χ2n) is 5.82. The van der Waals surface area contributed by atoms with E-state index in [0.717, 1.165) is 41.3 Å². The van der Waals surface area contributed by atoms with Crippen LogP contribution < -0.4 is 5.32 Å². The van der Waals surface area contributed by atoms with Crippen LogP contribution in [0.2, 0.25) is 0 Å². The van der Waals surface area contributed by atoms with Crippen molar-refractivity contribution in [3.63, 3.8) is 0 Å². The number of aryl methyl sites for hydroxylation is 1. The Balaban J connectivity index is 1.72. The van der Waals surface area contributed by atoms with E-state index in [-0.39, 0.29) is 26.1 Å². The lowest BCUT2D eigenvalue weighted by molar-refractivity contribution is 0.0954. The zero-order chi connectivity index (χ0) is 20.3. The molecule has 1 amide bonds. The van der Waals surface area contributed by atoms with Crippen LogP contribution in [0.1, 0.15) is 33.0 Å². The van der Waals surface area contributed by atoms with Gasteiger partial charge in [-0.1, -0.05) is 12.1 Å². The Morgan fingerprint density at radius 3 is 2.43 bits per heavy atom. The second-order valence-corrected chi connectivity index (χ2v) is 9.08. The standard InChI is InChI=1S/C18H15F2N3O3S2/c1-11-8-22-13(9-21-11)10-23-18(24)15-6-7-16(27-15)28(25,26)14-4-2-12(3-5-14)17(19)20/h2-9,17H,10H2,1H3,(H,23,24). The highest BCUT2D eigenvalue weighted by Crippen LogP contribution is 2.29. The number of alkyl halides is 2. The lowest BCUT2D eigenvalue weighted by Gasteiger charge is -2.04. The van der Waals surface area contributed by atoms with Crippen molar-refractivity contribution in [3.05, 3.63) is 70.6 Å². The Morgan fingerprint density at radius 2 is 1.82 bits per heavy atom. The molecule has 0 unspecified atom stereocenters. The van der Waals surface area contributed by atoms with Gasteiger partial charge in [0, 0.05) is 11.8 Å². The van der Waals surface area contributed by atoms with Gasteiger partial charge in [0.15, 0.2) is 0 Å². The first-order valence-electron chi connectivity index (χ1n) is 8.06. The molecule has 1 aromatic carbocycles.